The second-order valence-electron chi connectivity index (χ2n) is 4.72. The van der Waals surface area contributed by atoms with Crippen molar-refractivity contribution in [1.82, 2.24) is 0 Å². The summed E-state index contributed by atoms with van der Waals surface area (Å²) in [7, 11) is 0. The first kappa shape index (κ1) is 17.3. The van der Waals surface area contributed by atoms with E-state index in [0.717, 1.165) is 25.0 Å². The van der Waals surface area contributed by atoms with E-state index >= 15 is 0 Å². The molecule has 2 N–H and O–H groups in total. The Morgan fingerprint density at radius 1 is 1.25 bits per heavy atom. The van der Waals surface area contributed by atoms with Crippen molar-refractivity contribution in [3.05, 3.63) is 28.2 Å². The van der Waals surface area contributed by atoms with Crippen molar-refractivity contribution in [3.8, 4) is 0 Å². The molecule has 1 aromatic carbocycles. The molecule has 20 heavy (non-hydrogen) atoms. The maximum Gasteiger partial charge on any atom is 0.416 e. The number of anilines is 1. The first-order valence-electron chi connectivity index (χ1n) is 6.58. The molecule has 1 aromatic rings. The van der Waals surface area contributed by atoms with Gasteiger partial charge in [-0.1, -0.05) is 26.7 Å². The Hall–Kier alpha value is -0.750. The number of rotatable bonds is 6. The summed E-state index contributed by atoms with van der Waals surface area (Å²) < 4.78 is 37.9. The van der Waals surface area contributed by atoms with Crippen molar-refractivity contribution in [2.24, 2.45) is 5.92 Å². The van der Waals surface area contributed by atoms with Gasteiger partial charge in [-0.05, 0) is 40.0 Å². The van der Waals surface area contributed by atoms with E-state index in [0.29, 0.717) is 16.7 Å². The average Bonchev–Trinajstić information content (AvgIpc) is 2.37. The van der Waals surface area contributed by atoms with E-state index in [1.54, 1.807) is 0 Å². The average molecular weight is 354 g/mol. The summed E-state index contributed by atoms with van der Waals surface area (Å²) in [5, 5.41) is 13.0. The van der Waals surface area contributed by atoms with Crippen LogP contribution in [0.5, 0.6) is 0 Å². The molecule has 0 aliphatic carbocycles. The molecule has 0 amide bonds. The van der Waals surface area contributed by atoms with Gasteiger partial charge < -0.3 is 10.4 Å². The smallest absolute Gasteiger partial charge is 0.391 e. The molecule has 1 atom stereocenters. The van der Waals surface area contributed by atoms with Gasteiger partial charge in [-0.25, -0.2) is 0 Å². The summed E-state index contributed by atoms with van der Waals surface area (Å²) >= 11 is 3.12. The van der Waals surface area contributed by atoms with Crippen LogP contribution >= 0.6 is 15.9 Å². The molecule has 6 heteroatoms. The number of aliphatic hydroxyl groups is 1. The van der Waals surface area contributed by atoms with Gasteiger partial charge in [-0.2, -0.15) is 13.2 Å². The SMILES string of the molecule is CCC(CC)C(O)CNc1ccc(C(F)(F)F)cc1Br. The van der Waals surface area contributed by atoms with Gasteiger partial charge >= 0.3 is 6.18 Å². The number of halogens is 4. The third-order valence-electron chi connectivity index (χ3n) is 3.39. The lowest BCUT2D eigenvalue weighted by Crippen LogP contribution is -2.27. The molecule has 0 spiro atoms. The zero-order valence-corrected chi connectivity index (χ0v) is 13.1. The maximum atomic E-state index is 12.5. The van der Waals surface area contributed by atoms with Crippen LogP contribution in [0.25, 0.3) is 0 Å². The Morgan fingerprint density at radius 2 is 1.85 bits per heavy atom. The predicted molar refractivity (Wildman–Crippen MR) is 77.7 cm³/mol. The number of hydrogen-bond donors (Lipinski definition) is 2. The molecular formula is C14H19BrF3NO. The number of nitrogens with one attached hydrogen (secondary N) is 1. The highest BCUT2D eigenvalue weighted by Gasteiger charge is 2.30. The van der Waals surface area contributed by atoms with Gasteiger partial charge in [0.1, 0.15) is 0 Å². The minimum atomic E-state index is -4.35. The Balaban J connectivity index is 2.70. The van der Waals surface area contributed by atoms with Gasteiger partial charge in [0.25, 0.3) is 0 Å². The molecule has 0 aliphatic heterocycles. The van der Waals surface area contributed by atoms with Crippen LogP contribution in [-0.4, -0.2) is 17.8 Å². The number of alkyl halides is 3. The zero-order valence-electron chi connectivity index (χ0n) is 11.5. The Morgan fingerprint density at radius 3 is 2.30 bits per heavy atom. The summed E-state index contributed by atoms with van der Waals surface area (Å²) in [6, 6.07) is 3.43. The number of hydrogen-bond acceptors (Lipinski definition) is 2. The van der Waals surface area contributed by atoms with Crippen molar-refractivity contribution in [3.63, 3.8) is 0 Å². The lowest BCUT2D eigenvalue weighted by atomic mass is 9.96. The van der Waals surface area contributed by atoms with E-state index in [9.17, 15) is 18.3 Å². The second kappa shape index (κ2) is 7.31. The van der Waals surface area contributed by atoms with Crippen LogP contribution in [0.2, 0.25) is 0 Å². The van der Waals surface area contributed by atoms with Crippen molar-refractivity contribution in [2.45, 2.75) is 39.0 Å². The summed E-state index contributed by atoms with van der Waals surface area (Å²) in [5.74, 6) is 0.190. The predicted octanol–water partition coefficient (Wildman–Crippen LogP) is 4.68. The van der Waals surface area contributed by atoms with Crippen LogP contribution in [0.15, 0.2) is 22.7 Å². The highest BCUT2D eigenvalue weighted by atomic mass is 79.9. The van der Waals surface area contributed by atoms with Crippen LogP contribution < -0.4 is 5.32 Å². The Bertz CT molecular complexity index is 433. The van der Waals surface area contributed by atoms with Crippen molar-refractivity contribution < 1.29 is 18.3 Å². The van der Waals surface area contributed by atoms with Crippen molar-refractivity contribution in [1.29, 1.82) is 0 Å². The lowest BCUT2D eigenvalue weighted by molar-refractivity contribution is -0.137. The largest absolute Gasteiger partial charge is 0.416 e. The van der Waals surface area contributed by atoms with Crippen LogP contribution in [0.3, 0.4) is 0 Å². The van der Waals surface area contributed by atoms with E-state index in [4.69, 9.17) is 0 Å². The molecule has 0 saturated heterocycles. The minimum absolute atomic E-state index is 0.190. The molecule has 1 rings (SSSR count). The van der Waals surface area contributed by atoms with E-state index < -0.39 is 17.8 Å². The first-order valence-corrected chi connectivity index (χ1v) is 7.37. The van der Waals surface area contributed by atoms with E-state index in [1.165, 1.54) is 6.07 Å². The Labute approximate surface area is 125 Å². The molecule has 2 nitrogen and oxygen atoms in total. The molecule has 0 heterocycles. The second-order valence-corrected chi connectivity index (χ2v) is 5.57. The van der Waals surface area contributed by atoms with Gasteiger partial charge in [0.15, 0.2) is 0 Å². The summed E-state index contributed by atoms with van der Waals surface area (Å²) in [4.78, 5) is 0. The quantitative estimate of drug-likeness (QED) is 0.778. The van der Waals surface area contributed by atoms with Crippen molar-refractivity contribution >= 4 is 21.6 Å². The molecule has 114 valence electrons. The maximum absolute atomic E-state index is 12.5. The molecule has 0 radical (unpaired) electrons. The van der Waals surface area contributed by atoms with Crippen LogP contribution in [0.4, 0.5) is 18.9 Å². The summed E-state index contributed by atoms with van der Waals surface area (Å²) in [5.41, 5.74) is -0.154. The van der Waals surface area contributed by atoms with Crippen molar-refractivity contribution in [2.75, 3.05) is 11.9 Å². The van der Waals surface area contributed by atoms with Gasteiger partial charge in [-0.3, -0.25) is 0 Å². The molecule has 1 unspecified atom stereocenters. The standard InChI is InChI=1S/C14H19BrF3NO/c1-3-9(4-2)13(20)8-19-12-6-5-10(7-11(12)15)14(16,17)18/h5-7,9,13,19-20H,3-4,8H2,1-2H3. The fraction of sp³-hybridized carbons (Fsp3) is 0.571. The number of aliphatic hydroxyl groups excluding tert-OH is 1. The van der Waals surface area contributed by atoms with Gasteiger partial charge in [0.2, 0.25) is 0 Å². The third kappa shape index (κ3) is 4.66. The van der Waals surface area contributed by atoms with Crippen LogP contribution in [0, 0.1) is 5.92 Å². The first-order chi connectivity index (χ1) is 9.29. The zero-order chi connectivity index (χ0) is 15.3. The van der Waals surface area contributed by atoms with Crippen LogP contribution in [0.1, 0.15) is 32.3 Å². The molecule has 0 saturated carbocycles. The molecule has 0 bridgehead atoms. The molecule has 0 aromatic heterocycles. The van der Waals surface area contributed by atoms with Gasteiger partial charge in [0.05, 0.1) is 11.7 Å². The number of benzene rings is 1. The normalized spacial score (nSPS) is 13.6. The highest BCUT2D eigenvalue weighted by molar-refractivity contribution is 9.10. The molecular weight excluding hydrogens is 335 g/mol. The van der Waals surface area contributed by atoms with E-state index in [1.807, 2.05) is 13.8 Å². The fourth-order valence-corrected chi connectivity index (χ4v) is 2.57. The fourth-order valence-electron chi connectivity index (χ4n) is 2.05. The van der Waals surface area contributed by atoms with Gasteiger partial charge in [-0.15, -0.1) is 0 Å². The third-order valence-corrected chi connectivity index (χ3v) is 4.05. The lowest BCUT2D eigenvalue weighted by Gasteiger charge is -2.21. The monoisotopic (exact) mass is 353 g/mol. The minimum Gasteiger partial charge on any atom is -0.391 e. The van der Waals surface area contributed by atoms with Gasteiger partial charge in [0, 0.05) is 16.7 Å². The molecule has 0 fully saturated rings. The summed E-state index contributed by atoms with van der Waals surface area (Å²) in [6.45, 7) is 4.33. The molecule has 0 aliphatic rings. The van der Waals surface area contributed by atoms with E-state index in [-0.39, 0.29) is 5.92 Å². The Kier molecular flexibility index (Phi) is 6.33. The highest BCUT2D eigenvalue weighted by Crippen LogP contribution is 2.34. The topological polar surface area (TPSA) is 32.3 Å². The van der Waals surface area contributed by atoms with Crippen LogP contribution in [-0.2, 0) is 6.18 Å². The summed E-state index contributed by atoms with van der Waals surface area (Å²) in [6.07, 6.45) is -3.13. The van der Waals surface area contributed by atoms with E-state index in [2.05, 4.69) is 21.2 Å².